The van der Waals surface area contributed by atoms with Crippen molar-refractivity contribution in [3.8, 4) is 0 Å². The molecule has 7 heteroatoms. The van der Waals surface area contributed by atoms with Crippen LogP contribution in [0.5, 0.6) is 0 Å². The van der Waals surface area contributed by atoms with E-state index in [1.165, 1.54) is 0 Å². The number of rotatable bonds is 1. The SMILES string of the molecule is O=C1NC(=O)C2(C[C@@H](CO)[C@H](O)C2)C(=O)N1. The molecule has 7 nitrogen and oxygen atoms in total. The lowest BCUT2D eigenvalue weighted by molar-refractivity contribution is -0.144. The predicted octanol–water partition coefficient (Wildman–Crippen LogP) is -1.90. The molecule has 0 radical (unpaired) electrons. The van der Waals surface area contributed by atoms with Crippen LogP contribution >= 0.6 is 0 Å². The molecule has 1 aliphatic carbocycles. The van der Waals surface area contributed by atoms with Gasteiger partial charge in [-0.1, -0.05) is 0 Å². The number of urea groups is 1. The van der Waals surface area contributed by atoms with E-state index in [9.17, 15) is 19.5 Å². The number of barbiturate groups is 1. The fourth-order valence-corrected chi connectivity index (χ4v) is 2.33. The molecule has 1 aliphatic heterocycles. The average Bonchev–Trinajstić information content (AvgIpc) is 2.54. The van der Waals surface area contributed by atoms with Gasteiger partial charge in [-0.15, -0.1) is 0 Å². The monoisotopic (exact) mass is 228 g/mol. The summed E-state index contributed by atoms with van der Waals surface area (Å²) in [7, 11) is 0. The minimum atomic E-state index is -1.42. The van der Waals surface area contributed by atoms with Crippen molar-refractivity contribution in [2.75, 3.05) is 6.61 Å². The maximum absolute atomic E-state index is 11.7. The van der Waals surface area contributed by atoms with Gasteiger partial charge in [-0.05, 0) is 12.8 Å². The number of aliphatic hydroxyl groups excluding tert-OH is 2. The number of amides is 4. The molecule has 88 valence electrons. The molecular formula is C9H12N2O5. The molecule has 4 amide bonds. The number of hydrogen-bond acceptors (Lipinski definition) is 5. The van der Waals surface area contributed by atoms with Gasteiger partial charge >= 0.3 is 6.03 Å². The summed E-state index contributed by atoms with van der Waals surface area (Å²) < 4.78 is 0. The molecule has 2 fully saturated rings. The van der Waals surface area contributed by atoms with E-state index >= 15 is 0 Å². The van der Waals surface area contributed by atoms with E-state index in [4.69, 9.17) is 5.11 Å². The molecule has 0 unspecified atom stereocenters. The Kier molecular flexibility index (Phi) is 2.43. The van der Waals surface area contributed by atoms with Crippen LogP contribution in [0.3, 0.4) is 0 Å². The van der Waals surface area contributed by atoms with E-state index in [1.54, 1.807) is 0 Å². The third-order valence-corrected chi connectivity index (χ3v) is 3.27. The first-order valence-electron chi connectivity index (χ1n) is 4.95. The third-order valence-electron chi connectivity index (χ3n) is 3.27. The normalized spacial score (nSPS) is 32.8. The Balaban J connectivity index is 2.28. The molecule has 2 rings (SSSR count). The van der Waals surface area contributed by atoms with E-state index in [0.29, 0.717) is 0 Å². The first kappa shape index (κ1) is 11.0. The van der Waals surface area contributed by atoms with Gasteiger partial charge in [0.25, 0.3) is 0 Å². The molecule has 1 saturated heterocycles. The van der Waals surface area contributed by atoms with E-state index in [1.807, 2.05) is 10.6 Å². The van der Waals surface area contributed by atoms with Crippen LogP contribution in [-0.4, -0.2) is 40.8 Å². The van der Waals surface area contributed by atoms with Gasteiger partial charge in [-0.3, -0.25) is 20.2 Å². The molecule has 1 spiro atoms. The summed E-state index contributed by atoms with van der Waals surface area (Å²) >= 11 is 0. The highest BCUT2D eigenvalue weighted by Gasteiger charge is 2.57. The molecule has 1 saturated carbocycles. The van der Waals surface area contributed by atoms with Crippen LogP contribution in [0, 0.1) is 11.3 Å². The van der Waals surface area contributed by atoms with Gasteiger partial charge < -0.3 is 10.2 Å². The highest BCUT2D eigenvalue weighted by atomic mass is 16.3. The van der Waals surface area contributed by atoms with Crippen molar-refractivity contribution in [1.82, 2.24) is 10.6 Å². The summed E-state index contributed by atoms with van der Waals surface area (Å²) in [5, 5.41) is 22.6. The summed E-state index contributed by atoms with van der Waals surface area (Å²) in [5.41, 5.74) is -1.42. The Bertz CT molecular complexity index is 347. The van der Waals surface area contributed by atoms with E-state index in [2.05, 4.69) is 0 Å². The van der Waals surface area contributed by atoms with E-state index < -0.39 is 35.3 Å². The van der Waals surface area contributed by atoms with Crippen LogP contribution in [0.4, 0.5) is 4.79 Å². The molecule has 2 aliphatic rings. The number of carbonyl (C=O) groups is 3. The zero-order valence-corrected chi connectivity index (χ0v) is 8.40. The summed E-state index contributed by atoms with van der Waals surface area (Å²) in [5.74, 6) is -1.91. The van der Waals surface area contributed by atoms with Crippen molar-refractivity contribution < 1.29 is 24.6 Å². The van der Waals surface area contributed by atoms with Crippen LogP contribution in [0.1, 0.15) is 12.8 Å². The average molecular weight is 228 g/mol. The Morgan fingerprint density at radius 1 is 1.19 bits per heavy atom. The zero-order chi connectivity index (χ0) is 11.9. The number of nitrogens with one attached hydrogen (secondary N) is 2. The quantitative estimate of drug-likeness (QED) is 0.391. The summed E-state index contributed by atoms with van der Waals surface area (Å²) in [4.78, 5) is 34.2. The Morgan fingerprint density at radius 2 is 1.75 bits per heavy atom. The highest BCUT2D eigenvalue weighted by molar-refractivity contribution is 6.19. The predicted molar refractivity (Wildman–Crippen MR) is 49.9 cm³/mol. The van der Waals surface area contributed by atoms with Crippen LogP contribution in [0.15, 0.2) is 0 Å². The Hall–Kier alpha value is -1.47. The third kappa shape index (κ3) is 1.40. The van der Waals surface area contributed by atoms with Gasteiger partial charge in [0.15, 0.2) is 0 Å². The van der Waals surface area contributed by atoms with Crippen molar-refractivity contribution >= 4 is 17.8 Å². The minimum Gasteiger partial charge on any atom is -0.396 e. The van der Waals surface area contributed by atoms with Gasteiger partial charge in [0.2, 0.25) is 11.8 Å². The lowest BCUT2D eigenvalue weighted by Crippen LogP contribution is -2.61. The molecule has 2 atom stereocenters. The van der Waals surface area contributed by atoms with E-state index in [-0.39, 0.29) is 19.4 Å². The van der Waals surface area contributed by atoms with Crippen LogP contribution in [-0.2, 0) is 9.59 Å². The van der Waals surface area contributed by atoms with Crippen molar-refractivity contribution in [3.05, 3.63) is 0 Å². The summed E-state index contributed by atoms with van der Waals surface area (Å²) in [6.07, 6.45) is -0.923. The summed E-state index contributed by atoms with van der Waals surface area (Å²) in [6.45, 7) is -0.294. The fourth-order valence-electron chi connectivity index (χ4n) is 2.33. The van der Waals surface area contributed by atoms with Crippen molar-refractivity contribution in [2.24, 2.45) is 11.3 Å². The van der Waals surface area contributed by atoms with Crippen LogP contribution in [0.25, 0.3) is 0 Å². The first-order chi connectivity index (χ1) is 7.49. The maximum Gasteiger partial charge on any atom is 0.328 e. The van der Waals surface area contributed by atoms with E-state index in [0.717, 1.165) is 0 Å². The second-order valence-corrected chi connectivity index (χ2v) is 4.24. The van der Waals surface area contributed by atoms with Crippen molar-refractivity contribution in [3.63, 3.8) is 0 Å². The van der Waals surface area contributed by atoms with Gasteiger partial charge in [0, 0.05) is 12.5 Å². The highest BCUT2D eigenvalue weighted by Crippen LogP contribution is 2.43. The second-order valence-electron chi connectivity index (χ2n) is 4.24. The fraction of sp³-hybridized carbons (Fsp3) is 0.667. The lowest BCUT2D eigenvalue weighted by atomic mass is 9.82. The van der Waals surface area contributed by atoms with Crippen molar-refractivity contribution in [2.45, 2.75) is 18.9 Å². The largest absolute Gasteiger partial charge is 0.396 e. The van der Waals surface area contributed by atoms with Crippen LogP contribution in [0.2, 0.25) is 0 Å². The Morgan fingerprint density at radius 3 is 2.19 bits per heavy atom. The molecule has 0 bridgehead atoms. The topological polar surface area (TPSA) is 116 Å². The smallest absolute Gasteiger partial charge is 0.328 e. The molecule has 4 N–H and O–H groups in total. The molecule has 0 aromatic rings. The van der Waals surface area contributed by atoms with Gasteiger partial charge in [0.05, 0.1) is 6.10 Å². The molecule has 16 heavy (non-hydrogen) atoms. The minimum absolute atomic E-state index is 0.0512. The zero-order valence-electron chi connectivity index (χ0n) is 8.40. The molecular weight excluding hydrogens is 216 g/mol. The van der Waals surface area contributed by atoms with Crippen LogP contribution < -0.4 is 10.6 Å². The van der Waals surface area contributed by atoms with Gasteiger partial charge in [-0.25, -0.2) is 4.79 Å². The molecule has 0 aromatic carbocycles. The number of hydrogen-bond donors (Lipinski definition) is 4. The number of imide groups is 2. The molecule has 1 heterocycles. The molecule has 0 aromatic heterocycles. The summed E-state index contributed by atoms with van der Waals surface area (Å²) in [6, 6.07) is -0.845. The lowest BCUT2D eigenvalue weighted by Gasteiger charge is -2.29. The Labute approximate surface area is 90.8 Å². The second kappa shape index (κ2) is 3.53. The number of carbonyl (C=O) groups excluding carboxylic acids is 3. The van der Waals surface area contributed by atoms with Crippen molar-refractivity contribution in [1.29, 1.82) is 0 Å². The standard InChI is InChI=1S/C9H12N2O5/c12-3-4-1-9(2-5(4)13)6(14)10-8(16)11-7(9)15/h4-5,12-13H,1-3H2,(H2,10,11,14,15,16)/t4-,5+/m0/s1. The maximum atomic E-state index is 11.7. The van der Waals surface area contributed by atoms with Gasteiger partial charge in [-0.2, -0.15) is 0 Å². The number of aliphatic hydroxyl groups is 2. The van der Waals surface area contributed by atoms with Gasteiger partial charge in [0.1, 0.15) is 5.41 Å². The first-order valence-corrected chi connectivity index (χ1v) is 4.95.